The van der Waals surface area contributed by atoms with Gasteiger partial charge in [0.05, 0.1) is 13.2 Å². The molecule has 3 aromatic rings. The molecule has 0 N–H and O–H groups in total. The van der Waals surface area contributed by atoms with Gasteiger partial charge in [0.2, 0.25) is 0 Å². The summed E-state index contributed by atoms with van der Waals surface area (Å²) in [6.07, 6.45) is 3.79. The number of hydrogen-bond acceptors (Lipinski definition) is 4. The van der Waals surface area contributed by atoms with Gasteiger partial charge in [-0.25, -0.2) is 4.98 Å². The fourth-order valence-electron chi connectivity index (χ4n) is 3.01. The highest BCUT2D eigenvalue weighted by atomic mass is 32.1. The molecule has 0 saturated carbocycles. The van der Waals surface area contributed by atoms with Gasteiger partial charge in [0.25, 0.3) is 5.91 Å². The van der Waals surface area contributed by atoms with E-state index in [9.17, 15) is 4.79 Å². The zero-order valence-corrected chi connectivity index (χ0v) is 14.8. The van der Waals surface area contributed by atoms with Crippen molar-refractivity contribution in [1.29, 1.82) is 0 Å². The quantitative estimate of drug-likeness (QED) is 0.724. The first-order chi connectivity index (χ1) is 12.2. The van der Waals surface area contributed by atoms with Crippen LogP contribution in [-0.4, -0.2) is 40.1 Å². The summed E-state index contributed by atoms with van der Waals surface area (Å²) in [6, 6.07) is 13.9. The molecule has 0 aliphatic carbocycles. The van der Waals surface area contributed by atoms with Crippen LogP contribution in [0.15, 0.2) is 54.9 Å². The molecule has 0 spiro atoms. The lowest BCUT2D eigenvalue weighted by molar-refractivity contribution is -0.0230. The maximum atomic E-state index is 13.0. The van der Waals surface area contributed by atoms with Crippen molar-refractivity contribution in [2.45, 2.75) is 13.0 Å². The van der Waals surface area contributed by atoms with Crippen LogP contribution in [0, 0.1) is 6.92 Å². The molecule has 3 heterocycles. The molecule has 0 radical (unpaired) electrons. The van der Waals surface area contributed by atoms with Crippen LogP contribution < -0.4 is 0 Å². The number of amides is 1. The molecule has 4 rings (SSSR count). The molecule has 1 saturated heterocycles. The summed E-state index contributed by atoms with van der Waals surface area (Å²) in [5.41, 5.74) is 1.64. The first-order valence-electron chi connectivity index (χ1n) is 8.29. The SMILES string of the molecule is Cc1sc(-n2cccc2)nc1C(=O)N1CCOC(c2ccccc2)C1. The van der Waals surface area contributed by atoms with Crippen molar-refractivity contribution in [1.82, 2.24) is 14.5 Å². The highest BCUT2D eigenvalue weighted by Crippen LogP contribution is 2.26. The molecular formula is C19H19N3O2S. The summed E-state index contributed by atoms with van der Waals surface area (Å²) in [6.45, 7) is 3.64. The maximum Gasteiger partial charge on any atom is 0.273 e. The third-order valence-corrected chi connectivity index (χ3v) is 5.32. The van der Waals surface area contributed by atoms with E-state index in [2.05, 4.69) is 4.98 Å². The molecule has 0 bridgehead atoms. The summed E-state index contributed by atoms with van der Waals surface area (Å²) in [7, 11) is 0. The van der Waals surface area contributed by atoms with Gasteiger partial charge in [-0.1, -0.05) is 30.3 Å². The van der Waals surface area contributed by atoms with Crippen LogP contribution in [0.2, 0.25) is 0 Å². The van der Waals surface area contributed by atoms with Crippen LogP contribution in [-0.2, 0) is 4.74 Å². The molecule has 2 aromatic heterocycles. The molecule has 1 aromatic carbocycles. The molecular weight excluding hydrogens is 334 g/mol. The second-order valence-electron chi connectivity index (χ2n) is 6.01. The van der Waals surface area contributed by atoms with Crippen molar-refractivity contribution in [2.75, 3.05) is 19.7 Å². The summed E-state index contributed by atoms with van der Waals surface area (Å²) < 4.78 is 7.79. The summed E-state index contributed by atoms with van der Waals surface area (Å²) in [5, 5.41) is 0.818. The fraction of sp³-hybridized carbons (Fsp3) is 0.263. The van der Waals surface area contributed by atoms with E-state index in [1.807, 2.05) is 71.2 Å². The fourth-order valence-corrected chi connectivity index (χ4v) is 3.87. The highest BCUT2D eigenvalue weighted by molar-refractivity contribution is 7.14. The molecule has 128 valence electrons. The third kappa shape index (κ3) is 3.23. The average molecular weight is 353 g/mol. The Balaban J connectivity index is 1.54. The zero-order valence-electron chi connectivity index (χ0n) is 14.0. The number of carbonyl (C=O) groups is 1. The number of nitrogens with zero attached hydrogens (tertiary/aromatic N) is 3. The van der Waals surface area contributed by atoms with Crippen LogP contribution in [0.25, 0.3) is 5.13 Å². The van der Waals surface area contributed by atoms with E-state index in [-0.39, 0.29) is 12.0 Å². The number of ether oxygens (including phenoxy) is 1. The van der Waals surface area contributed by atoms with E-state index >= 15 is 0 Å². The smallest absolute Gasteiger partial charge is 0.273 e. The summed E-state index contributed by atoms with van der Waals surface area (Å²) in [5.74, 6) is -0.0172. The molecule has 5 nitrogen and oxygen atoms in total. The highest BCUT2D eigenvalue weighted by Gasteiger charge is 2.28. The Hall–Kier alpha value is -2.44. The van der Waals surface area contributed by atoms with Gasteiger partial charge in [-0.3, -0.25) is 4.79 Å². The van der Waals surface area contributed by atoms with E-state index in [4.69, 9.17) is 4.74 Å². The maximum absolute atomic E-state index is 13.0. The van der Waals surface area contributed by atoms with Crippen molar-refractivity contribution < 1.29 is 9.53 Å². The van der Waals surface area contributed by atoms with Gasteiger partial charge in [-0.15, -0.1) is 11.3 Å². The molecule has 1 fully saturated rings. The lowest BCUT2D eigenvalue weighted by atomic mass is 10.1. The number of thiazole rings is 1. The van der Waals surface area contributed by atoms with Gasteiger partial charge in [0, 0.05) is 23.8 Å². The number of benzene rings is 1. The Labute approximate surface area is 150 Å². The van der Waals surface area contributed by atoms with Crippen molar-refractivity contribution in [3.05, 3.63) is 71.0 Å². The monoisotopic (exact) mass is 353 g/mol. The Bertz CT molecular complexity index is 858. The minimum absolute atomic E-state index is 0.0172. The average Bonchev–Trinajstić information content (AvgIpc) is 3.31. The van der Waals surface area contributed by atoms with Crippen LogP contribution in [0.5, 0.6) is 0 Å². The second-order valence-corrected chi connectivity index (χ2v) is 7.19. The van der Waals surface area contributed by atoms with Gasteiger partial charge in [0.1, 0.15) is 11.8 Å². The van der Waals surface area contributed by atoms with E-state index in [1.54, 1.807) is 0 Å². The summed E-state index contributed by atoms with van der Waals surface area (Å²) in [4.78, 5) is 20.4. The van der Waals surface area contributed by atoms with Crippen molar-refractivity contribution >= 4 is 17.2 Å². The topological polar surface area (TPSA) is 47.4 Å². The molecule has 1 amide bonds. The molecule has 6 heteroatoms. The number of morpholine rings is 1. The minimum atomic E-state index is -0.0817. The van der Waals surface area contributed by atoms with Gasteiger partial charge < -0.3 is 14.2 Å². The zero-order chi connectivity index (χ0) is 17.2. The Morgan fingerprint density at radius 3 is 2.72 bits per heavy atom. The third-order valence-electron chi connectivity index (χ3n) is 4.34. The van der Waals surface area contributed by atoms with E-state index in [1.165, 1.54) is 11.3 Å². The molecule has 1 aliphatic heterocycles. The second kappa shape index (κ2) is 6.82. The van der Waals surface area contributed by atoms with Crippen LogP contribution >= 0.6 is 11.3 Å². The van der Waals surface area contributed by atoms with Gasteiger partial charge in [0.15, 0.2) is 5.13 Å². The standard InChI is InChI=1S/C19H19N3O2S/c1-14-17(20-19(25-14)21-9-5-6-10-21)18(23)22-11-12-24-16(13-22)15-7-3-2-4-8-15/h2-10,16H,11-13H2,1H3. The molecule has 1 unspecified atom stereocenters. The van der Waals surface area contributed by atoms with Gasteiger partial charge in [-0.05, 0) is 24.6 Å². The first-order valence-corrected chi connectivity index (χ1v) is 9.10. The van der Waals surface area contributed by atoms with Crippen molar-refractivity contribution in [3.8, 4) is 5.13 Å². The van der Waals surface area contributed by atoms with Crippen LogP contribution in [0.4, 0.5) is 0 Å². The molecule has 1 aliphatic rings. The Morgan fingerprint density at radius 1 is 1.20 bits per heavy atom. The van der Waals surface area contributed by atoms with E-state index in [0.717, 1.165) is 15.6 Å². The Morgan fingerprint density at radius 2 is 1.96 bits per heavy atom. The largest absolute Gasteiger partial charge is 0.370 e. The predicted molar refractivity (Wildman–Crippen MR) is 97.2 cm³/mol. The van der Waals surface area contributed by atoms with E-state index < -0.39 is 0 Å². The minimum Gasteiger partial charge on any atom is -0.370 e. The van der Waals surface area contributed by atoms with Crippen LogP contribution in [0.1, 0.15) is 27.0 Å². The number of hydrogen-bond donors (Lipinski definition) is 0. The van der Waals surface area contributed by atoms with Gasteiger partial charge in [-0.2, -0.15) is 0 Å². The van der Waals surface area contributed by atoms with Crippen molar-refractivity contribution in [3.63, 3.8) is 0 Å². The summed E-state index contributed by atoms with van der Waals surface area (Å²) >= 11 is 1.53. The lowest BCUT2D eigenvalue weighted by Crippen LogP contribution is -2.42. The molecule has 25 heavy (non-hydrogen) atoms. The van der Waals surface area contributed by atoms with E-state index in [0.29, 0.717) is 25.4 Å². The number of rotatable bonds is 3. The van der Waals surface area contributed by atoms with Crippen LogP contribution in [0.3, 0.4) is 0 Å². The number of carbonyl (C=O) groups excluding carboxylic acids is 1. The van der Waals surface area contributed by atoms with Gasteiger partial charge >= 0.3 is 0 Å². The number of aryl methyl sites for hydroxylation is 1. The Kier molecular flexibility index (Phi) is 4.38. The first kappa shape index (κ1) is 16.1. The number of aromatic nitrogens is 2. The van der Waals surface area contributed by atoms with Crippen molar-refractivity contribution in [2.24, 2.45) is 0 Å². The predicted octanol–water partition coefficient (Wildman–Crippen LogP) is 3.46. The lowest BCUT2D eigenvalue weighted by Gasteiger charge is -2.33. The molecule has 1 atom stereocenters. The normalized spacial score (nSPS) is 17.6.